The van der Waals surface area contributed by atoms with Crippen LogP contribution in [0.4, 0.5) is 23.0 Å². The Kier molecular flexibility index (Phi) is 10.4. The third-order valence-corrected chi connectivity index (χ3v) is 8.41. The van der Waals surface area contributed by atoms with Crippen molar-refractivity contribution >= 4 is 28.8 Å². The molecule has 14 heteroatoms. The van der Waals surface area contributed by atoms with Gasteiger partial charge in [0, 0.05) is 46.7 Å². The highest BCUT2D eigenvalue weighted by Gasteiger charge is 2.42. The molecule has 4 heterocycles. The van der Waals surface area contributed by atoms with Crippen LogP contribution in [0.15, 0.2) is 19.2 Å². The summed E-state index contributed by atoms with van der Waals surface area (Å²) in [5.41, 5.74) is -0.805. The molecular formula is C30H48N8O6. The average Bonchev–Trinajstić information content (AvgIpc) is 3.53. The standard InChI is InChI=1S/C30H48N8O6/c1-7-15-33-19-37(25-23(33)27(41)35(29(43)31(25)5)17-11-9-13-21(3)39)38-20-34(16-8-2)24-26(38)32(6)30(44)36(28(24)42)18-12-10-14-22(4)40/h21,39H,7-20H2,1-6H3. The average molecular weight is 617 g/mol. The van der Waals surface area contributed by atoms with Crippen LogP contribution in [0.1, 0.15) is 79.1 Å². The molecule has 0 aliphatic carbocycles. The molecule has 2 aromatic rings. The Bertz CT molecular complexity index is 1600. The lowest BCUT2D eigenvalue weighted by Crippen LogP contribution is -2.49. The third kappa shape index (κ3) is 6.21. The molecule has 44 heavy (non-hydrogen) atoms. The van der Waals surface area contributed by atoms with E-state index in [2.05, 4.69) is 0 Å². The summed E-state index contributed by atoms with van der Waals surface area (Å²) in [7, 11) is 3.29. The number of aliphatic hydroxyl groups is 1. The Balaban J connectivity index is 1.80. The highest BCUT2D eigenvalue weighted by atomic mass is 16.3. The second-order valence-corrected chi connectivity index (χ2v) is 12.1. The van der Waals surface area contributed by atoms with Crippen LogP contribution in [0.2, 0.25) is 0 Å². The Morgan fingerprint density at radius 3 is 1.55 bits per heavy atom. The molecule has 2 aliphatic heterocycles. The zero-order valence-electron chi connectivity index (χ0n) is 27.0. The Hall–Kier alpha value is -3.81. The van der Waals surface area contributed by atoms with E-state index in [4.69, 9.17) is 0 Å². The van der Waals surface area contributed by atoms with E-state index in [9.17, 15) is 29.1 Å². The van der Waals surface area contributed by atoms with E-state index in [1.54, 1.807) is 21.0 Å². The Labute approximate surface area is 257 Å². The summed E-state index contributed by atoms with van der Waals surface area (Å²) in [5.74, 6) is 0.927. The predicted molar refractivity (Wildman–Crippen MR) is 172 cm³/mol. The molecule has 0 bridgehead atoms. The maximum absolute atomic E-state index is 13.9. The van der Waals surface area contributed by atoms with Crippen molar-refractivity contribution in [2.75, 3.05) is 46.2 Å². The molecule has 1 N–H and O–H groups in total. The first kappa shape index (κ1) is 33.1. The fourth-order valence-corrected chi connectivity index (χ4v) is 6.26. The van der Waals surface area contributed by atoms with Crippen molar-refractivity contribution in [1.82, 2.24) is 18.3 Å². The summed E-state index contributed by atoms with van der Waals surface area (Å²) < 4.78 is 5.48. The van der Waals surface area contributed by atoms with E-state index < -0.39 is 17.5 Å². The molecule has 14 nitrogen and oxygen atoms in total. The lowest BCUT2D eigenvalue weighted by atomic mass is 10.2. The number of aromatic nitrogens is 4. The number of Topliss-reactive ketones (excluding diaryl/α,β-unsaturated/α-hetero) is 1. The van der Waals surface area contributed by atoms with E-state index >= 15 is 0 Å². The van der Waals surface area contributed by atoms with Gasteiger partial charge in [-0.1, -0.05) is 13.8 Å². The van der Waals surface area contributed by atoms with Gasteiger partial charge in [0.25, 0.3) is 11.1 Å². The molecule has 1 unspecified atom stereocenters. The molecule has 0 aromatic carbocycles. The summed E-state index contributed by atoms with van der Waals surface area (Å²) in [6.07, 6.45) is 4.50. The highest BCUT2D eigenvalue weighted by molar-refractivity contribution is 5.80. The van der Waals surface area contributed by atoms with Gasteiger partial charge in [-0.2, -0.15) is 0 Å². The SMILES string of the molecule is CCCN1CN(N2CN(CCC)c3c2n(C)c(=O)n(CCCCC(C)O)c3=O)c2c1c(=O)n(CCCCC(C)=O)c(=O)n2C. The molecule has 0 fully saturated rings. The number of ketones is 1. The number of hydrogen-bond donors (Lipinski definition) is 1. The maximum atomic E-state index is 13.9. The minimum absolute atomic E-state index is 0.0736. The van der Waals surface area contributed by atoms with Gasteiger partial charge in [0.15, 0.2) is 11.6 Å². The molecule has 4 rings (SSSR count). The minimum Gasteiger partial charge on any atom is -0.393 e. The third-order valence-electron chi connectivity index (χ3n) is 8.41. The van der Waals surface area contributed by atoms with Gasteiger partial charge in [0.05, 0.1) is 6.10 Å². The van der Waals surface area contributed by atoms with Crippen molar-refractivity contribution in [3.05, 3.63) is 41.7 Å². The summed E-state index contributed by atoms with van der Waals surface area (Å²) >= 11 is 0. The van der Waals surface area contributed by atoms with E-state index in [1.807, 2.05) is 33.7 Å². The van der Waals surface area contributed by atoms with E-state index in [1.165, 1.54) is 25.2 Å². The number of fused-ring (bicyclic) bond motifs is 2. The van der Waals surface area contributed by atoms with Gasteiger partial charge in [-0.25, -0.2) is 19.6 Å². The van der Waals surface area contributed by atoms with Crippen LogP contribution < -0.4 is 42.3 Å². The lowest BCUT2D eigenvalue weighted by Gasteiger charge is -2.33. The molecule has 0 saturated heterocycles. The monoisotopic (exact) mass is 616 g/mol. The van der Waals surface area contributed by atoms with Gasteiger partial charge in [0.2, 0.25) is 0 Å². The first-order valence-electron chi connectivity index (χ1n) is 15.8. The molecule has 0 amide bonds. The normalized spacial score (nSPS) is 14.9. The number of carbonyl (C=O) groups is 1. The second-order valence-electron chi connectivity index (χ2n) is 12.1. The van der Waals surface area contributed by atoms with Gasteiger partial charge in [0.1, 0.15) is 30.5 Å². The first-order valence-corrected chi connectivity index (χ1v) is 15.8. The van der Waals surface area contributed by atoms with Gasteiger partial charge in [-0.05, 0) is 58.8 Å². The summed E-state index contributed by atoms with van der Waals surface area (Å²) in [6.45, 7) is 9.47. The summed E-state index contributed by atoms with van der Waals surface area (Å²) in [4.78, 5) is 70.2. The summed E-state index contributed by atoms with van der Waals surface area (Å²) in [5, 5.41) is 13.3. The largest absolute Gasteiger partial charge is 0.393 e. The fourth-order valence-electron chi connectivity index (χ4n) is 6.26. The number of hydrazine groups is 1. The van der Waals surface area contributed by atoms with Crippen LogP contribution in [0.5, 0.6) is 0 Å². The van der Waals surface area contributed by atoms with E-state index in [0.29, 0.717) is 74.6 Å². The molecule has 1 atom stereocenters. The van der Waals surface area contributed by atoms with Crippen molar-refractivity contribution in [2.45, 2.75) is 98.3 Å². The number of rotatable bonds is 15. The second kappa shape index (κ2) is 13.9. The zero-order valence-corrected chi connectivity index (χ0v) is 27.0. The number of aliphatic hydroxyl groups excluding tert-OH is 1. The van der Waals surface area contributed by atoms with Crippen LogP contribution in [0.25, 0.3) is 0 Å². The molecule has 244 valence electrons. The zero-order chi connectivity index (χ0) is 32.3. The molecule has 2 aliphatic rings. The summed E-state index contributed by atoms with van der Waals surface area (Å²) in [6, 6.07) is 0. The smallest absolute Gasteiger partial charge is 0.332 e. The van der Waals surface area contributed by atoms with E-state index in [-0.39, 0.29) is 43.3 Å². The van der Waals surface area contributed by atoms with Gasteiger partial charge >= 0.3 is 11.4 Å². The maximum Gasteiger partial charge on any atom is 0.332 e. The Morgan fingerprint density at radius 2 is 1.16 bits per heavy atom. The predicted octanol–water partition coefficient (Wildman–Crippen LogP) is 1.32. The first-order chi connectivity index (χ1) is 20.9. The Morgan fingerprint density at radius 1 is 0.727 bits per heavy atom. The van der Waals surface area contributed by atoms with Gasteiger partial charge in [-0.15, -0.1) is 0 Å². The molecule has 0 radical (unpaired) electrons. The van der Waals surface area contributed by atoms with Crippen molar-refractivity contribution < 1.29 is 9.90 Å². The number of nitrogens with zero attached hydrogens (tertiary/aromatic N) is 8. The molecule has 0 saturated carbocycles. The number of anilines is 4. The van der Waals surface area contributed by atoms with Gasteiger partial charge < -0.3 is 19.7 Å². The fraction of sp³-hybridized carbons (Fsp3) is 0.700. The van der Waals surface area contributed by atoms with Crippen LogP contribution in [0, 0.1) is 0 Å². The van der Waals surface area contributed by atoms with Crippen molar-refractivity contribution in [2.24, 2.45) is 14.1 Å². The highest BCUT2D eigenvalue weighted by Crippen LogP contribution is 2.39. The van der Waals surface area contributed by atoms with Crippen LogP contribution in [-0.4, -0.2) is 61.7 Å². The lowest BCUT2D eigenvalue weighted by molar-refractivity contribution is -0.117. The van der Waals surface area contributed by atoms with Gasteiger partial charge in [-0.3, -0.25) is 27.9 Å². The molecular weight excluding hydrogens is 568 g/mol. The van der Waals surface area contributed by atoms with Crippen LogP contribution in [0.3, 0.4) is 0 Å². The van der Waals surface area contributed by atoms with Crippen LogP contribution in [-0.2, 0) is 32.0 Å². The minimum atomic E-state index is -0.453. The van der Waals surface area contributed by atoms with E-state index in [0.717, 1.165) is 12.8 Å². The number of carbonyl (C=O) groups excluding carboxylic acids is 1. The van der Waals surface area contributed by atoms with Crippen LogP contribution >= 0.6 is 0 Å². The number of hydrogen-bond acceptors (Lipinski definition) is 10. The quantitative estimate of drug-likeness (QED) is 0.292. The van der Waals surface area contributed by atoms with Crippen molar-refractivity contribution in [3.63, 3.8) is 0 Å². The molecule has 2 aromatic heterocycles. The molecule has 0 spiro atoms. The number of unbranched alkanes of at least 4 members (excludes halogenated alkanes) is 2. The van der Waals surface area contributed by atoms with Crippen molar-refractivity contribution in [1.29, 1.82) is 0 Å². The van der Waals surface area contributed by atoms with Crippen molar-refractivity contribution in [3.8, 4) is 0 Å². The topological polar surface area (TPSA) is 138 Å².